The number of aliphatic hydroxyl groups is 1. The molecule has 4 atom stereocenters. The van der Waals surface area contributed by atoms with Crippen molar-refractivity contribution in [2.45, 2.75) is 51.1 Å². The summed E-state index contributed by atoms with van der Waals surface area (Å²) in [6, 6.07) is 9.40. The monoisotopic (exact) mass is 411 g/mol. The van der Waals surface area contributed by atoms with Crippen LogP contribution in [0.5, 0.6) is 0 Å². The van der Waals surface area contributed by atoms with Crippen LogP contribution < -0.4 is 10.0 Å². The Morgan fingerprint density at radius 3 is 2.54 bits per heavy atom. The van der Waals surface area contributed by atoms with Crippen molar-refractivity contribution in [2.75, 3.05) is 26.0 Å². The van der Waals surface area contributed by atoms with Crippen molar-refractivity contribution in [3.05, 3.63) is 35.9 Å². The zero-order valence-corrected chi connectivity index (χ0v) is 17.8. The van der Waals surface area contributed by atoms with Crippen LogP contribution in [0.1, 0.15) is 44.6 Å². The van der Waals surface area contributed by atoms with Crippen LogP contribution in [0.15, 0.2) is 30.3 Å². The Bertz CT molecular complexity index is 726. The number of sulfonamides is 1. The molecular weight excluding hydrogens is 378 g/mol. The molecule has 1 aliphatic rings. The van der Waals surface area contributed by atoms with Gasteiger partial charge in [-0.3, -0.25) is 0 Å². The Hall–Kier alpha value is -1.64. The molecule has 8 heteroatoms. The Morgan fingerprint density at radius 1 is 1.25 bits per heavy atom. The summed E-state index contributed by atoms with van der Waals surface area (Å²) in [4.78, 5) is 14.7. The molecule has 2 amide bonds. The van der Waals surface area contributed by atoms with E-state index in [9.17, 15) is 18.3 Å². The summed E-state index contributed by atoms with van der Waals surface area (Å²) in [6.07, 6.45) is 3.81. The Morgan fingerprint density at radius 2 is 1.93 bits per heavy atom. The van der Waals surface area contributed by atoms with Gasteiger partial charge in [0.25, 0.3) is 0 Å². The second-order valence-corrected chi connectivity index (χ2v) is 9.70. The number of nitrogens with one attached hydrogen (secondary N) is 2. The van der Waals surface area contributed by atoms with Crippen LogP contribution in [0.4, 0.5) is 4.79 Å². The van der Waals surface area contributed by atoms with Gasteiger partial charge in [-0.15, -0.1) is 0 Å². The molecule has 1 aromatic rings. The topological polar surface area (TPSA) is 98.7 Å². The highest BCUT2D eigenvalue weighted by Crippen LogP contribution is 2.26. The summed E-state index contributed by atoms with van der Waals surface area (Å²) >= 11 is 0. The molecule has 0 aromatic heterocycles. The van der Waals surface area contributed by atoms with Gasteiger partial charge in [0.1, 0.15) is 0 Å². The van der Waals surface area contributed by atoms with Crippen molar-refractivity contribution in [2.24, 2.45) is 5.92 Å². The highest BCUT2D eigenvalue weighted by molar-refractivity contribution is 7.88. The third kappa shape index (κ3) is 6.76. The lowest BCUT2D eigenvalue weighted by Crippen LogP contribution is -2.52. The molecular formula is C20H33N3O4S. The molecule has 0 radical (unpaired) electrons. The zero-order chi connectivity index (χ0) is 20.7. The molecule has 0 heterocycles. The minimum Gasteiger partial charge on any atom is -0.394 e. The van der Waals surface area contributed by atoms with Gasteiger partial charge in [0.05, 0.1) is 18.9 Å². The van der Waals surface area contributed by atoms with Gasteiger partial charge in [0.2, 0.25) is 10.0 Å². The average molecular weight is 412 g/mol. The van der Waals surface area contributed by atoms with E-state index in [0.717, 1.165) is 31.1 Å². The standard InChI is InChI=1S/C20H33N3O4S/c1-15(17-8-5-4-6-9-17)13-23(16(2)14-24)20(25)22-19-11-7-10-18(19)12-21-28(3,26)27/h4-6,8-9,15-16,18-19,21,24H,7,10-14H2,1-3H3,(H,22,25)/t15?,16-,18?,19?/m0/s1. The molecule has 3 N–H and O–H groups in total. The van der Waals surface area contributed by atoms with Crippen molar-refractivity contribution in [1.29, 1.82) is 0 Å². The van der Waals surface area contributed by atoms with E-state index >= 15 is 0 Å². The number of benzene rings is 1. The van der Waals surface area contributed by atoms with Crippen LogP contribution in [-0.4, -0.2) is 62.5 Å². The van der Waals surface area contributed by atoms with Crippen LogP contribution in [0.25, 0.3) is 0 Å². The summed E-state index contributed by atoms with van der Waals surface area (Å²) in [5.41, 5.74) is 1.14. The van der Waals surface area contributed by atoms with E-state index in [1.807, 2.05) is 37.3 Å². The second-order valence-electron chi connectivity index (χ2n) is 7.86. The highest BCUT2D eigenvalue weighted by Gasteiger charge is 2.31. The first kappa shape index (κ1) is 22.6. The molecule has 2 rings (SSSR count). The Kier molecular flexibility index (Phi) is 8.27. The van der Waals surface area contributed by atoms with Crippen LogP contribution in [0, 0.1) is 5.92 Å². The van der Waals surface area contributed by atoms with E-state index in [2.05, 4.69) is 17.0 Å². The predicted octanol–water partition coefficient (Wildman–Crippen LogP) is 1.90. The first-order chi connectivity index (χ1) is 13.2. The fraction of sp³-hybridized carbons (Fsp3) is 0.650. The molecule has 28 heavy (non-hydrogen) atoms. The van der Waals surface area contributed by atoms with Gasteiger partial charge in [0, 0.05) is 19.1 Å². The van der Waals surface area contributed by atoms with E-state index in [1.165, 1.54) is 0 Å². The maximum atomic E-state index is 13.0. The molecule has 0 aliphatic heterocycles. The number of carbonyl (C=O) groups excluding carboxylic acids is 1. The lowest BCUT2D eigenvalue weighted by molar-refractivity contribution is 0.133. The summed E-state index contributed by atoms with van der Waals surface area (Å²) in [5.74, 6) is 0.212. The molecule has 0 spiro atoms. The number of rotatable bonds is 9. The van der Waals surface area contributed by atoms with Gasteiger partial charge in [-0.2, -0.15) is 0 Å². The van der Waals surface area contributed by atoms with E-state index in [1.54, 1.807) is 4.90 Å². The summed E-state index contributed by atoms with van der Waals surface area (Å²) in [7, 11) is -3.25. The summed E-state index contributed by atoms with van der Waals surface area (Å²) < 4.78 is 25.3. The largest absolute Gasteiger partial charge is 0.394 e. The van der Waals surface area contributed by atoms with Crippen molar-refractivity contribution >= 4 is 16.1 Å². The molecule has 1 aliphatic carbocycles. The van der Waals surface area contributed by atoms with Gasteiger partial charge in [-0.1, -0.05) is 43.7 Å². The molecule has 1 aromatic carbocycles. The van der Waals surface area contributed by atoms with E-state index in [0.29, 0.717) is 13.1 Å². The third-order valence-electron chi connectivity index (χ3n) is 5.47. The average Bonchev–Trinajstić information content (AvgIpc) is 3.10. The predicted molar refractivity (Wildman–Crippen MR) is 111 cm³/mol. The van der Waals surface area contributed by atoms with Crippen molar-refractivity contribution < 1.29 is 18.3 Å². The maximum Gasteiger partial charge on any atom is 0.317 e. The van der Waals surface area contributed by atoms with Crippen molar-refractivity contribution in [3.63, 3.8) is 0 Å². The molecule has 158 valence electrons. The van der Waals surface area contributed by atoms with Crippen LogP contribution in [0.2, 0.25) is 0 Å². The van der Waals surface area contributed by atoms with E-state index in [-0.39, 0.29) is 36.6 Å². The Balaban J connectivity index is 2.02. The quantitative estimate of drug-likeness (QED) is 0.578. The smallest absolute Gasteiger partial charge is 0.317 e. The van der Waals surface area contributed by atoms with Crippen LogP contribution in [-0.2, 0) is 10.0 Å². The SMILES string of the molecule is CC(CN(C(=O)NC1CCCC1CNS(C)(=O)=O)[C@@H](C)CO)c1ccccc1. The number of hydrogen-bond donors (Lipinski definition) is 3. The van der Waals surface area contributed by atoms with Gasteiger partial charge >= 0.3 is 6.03 Å². The molecule has 1 saturated carbocycles. The molecule has 1 fully saturated rings. The lowest BCUT2D eigenvalue weighted by Gasteiger charge is -2.33. The van der Waals surface area contributed by atoms with Crippen molar-refractivity contribution in [1.82, 2.24) is 14.9 Å². The zero-order valence-electron chi connectivity index (χ0n) is 17.0. The Labute approximate surface area is 168 Å². The minimum absolute atomic E-state index is 0.0674. The van der Waals surface area contributed by atoms with Crippen LogP contribution in [0.3, 0.4) is 0 Å². The van der Waals surface area contributed by atoms with E-state index in [4.69, 9.17) is 0 Å². The number of aliphatic hydroxyl groups excluding tert-OH is 1. The lowest BCUT2D eigenvalue weighted by atomic mass is 10.00. The fourth-order valence-electron chi connectivity index (χ4n) is 3.71. The fourth-order valence-corrected chi connectivity index (χ4v) is 4.23. The van der Waals surface area contributed by atoms with E-state index < -0.39 is 10.0 Å². The van der Waals surface area contributed by atoms with Crippen LogP contribution >= 0.6 is 0 Å². The third-order valence-corrected chi connectivity index (χ3v) is 6.16. The number of nitrogens with zero attached hydrogens (tertiary/aromatic N) is 1. The second kappa shape index (κ2) is 10.2. The summed E-state index contributed by atoms with van der Waals surface area (Å²) in [6.45, 7) is 4.61. The number of amides is 2. The van der Waals surface area contributed by atoms with Gasteiger partial charge in [-0.05, 0) is 37.2 Å². The first-order valence-corrected chi connectivity index (χ1v) is 11.8. The van der Waals surface area contributed by atoms with Gasteiger partial charge in [-0.25, -0.2) is 17.9 Å². The van der Waals surface area contributed by atoms with Gasteiger partial charge in [0.15, 0.2) is 0 Å². The number of carbonyl (C=O) groups is 1. The molecule has 0 saturated heterocycles. The number of urea groups is 1. The molecule has 7 nitrogen and oxygen atoms in total. The minimum atomic E-state index is -3.25. The molecule has 0 bridgehead atoms. The normalized spacial score (nSPS) is 21.9. The first-order valence-electron chi connectivity index (χ1n) is 9.88. The number of hydrogen-bond acceptors (Lipinski definition) is 4. The highest BCUT2D eigenvalue weighted by atomic mass is 32.2. The van der Waals surface area contributed by atoms with Gasteiger partial charge < -0.3 is 15.3 Å². The van der Waals surface area contributed by atoms with Crippen molar-refractivity contribution in [3.8, 4) is 0 Å². The maximum absolute atomic E-state index is 13.0. The molecule has 3 unspecified atom stereocenters. The summed E-state index contributed by atoms with van der Waals surface area (Å²) in [5, 5.41) is 12.7.